The Morgan fingerprint density at radius 1 is 1.28 bits per heavy atom. The van der Waals surface area contributed by atoms with Crippen molar-refractivity contribution in [3.8, 4) is 0 Å². The fraction of sp³-hybridized carbons (Fsp3) is 1.00. The van der Waals surface area contributed by atoms with E-state index in [-0.39, 0.29) is 0 Å². The standard InChI is InChI=1S/C15H32N2O/c1-5-7-13-8-9-14(16-3)15(12-13)17(6-2)10-11-18-4/h13-16H,5-12H2,1-4H3. The number of hydrogen-bond donors (Lipinski definition) is 1. The smallest absolute Gasteiger partial charge is 0.0589 e. The second-order valence-electron chi connectivity index (χ2n) is 5.55. The molecule has 108 valence electrons. The zero-order valence-corrected chi connectivity index (χ0v) is 12.7. The lowest BCUT2D eigenvalue weighted by atomic mass is 9.79. The molecule has 1 saturated carbocycles. The highest BCUT2D eigenvalue weighted by Gasteiger charge is 2.32. The zero-order valence-electron chi connectivity index (χ0n) is 12.7. The third-order valence-corrected chi connectivity index (χ3v) is 4.45. The molecule has 0 spiro atoms. The maximum Gasteiger partial charge on any atom is 0.0589 e. The molecule has 3 heteroatoms. The van der Waals surface area contributed by atoms with E-state index in [0.717, 1.165) is 25.6 Å². The van der Waals surface area contributed by atoms with Gasteiger partial charge in [-0.05, 0) is 38.8 Å². The van der Waals surface area contributed by atoms with Crippen LogP contribution in [0.5, 0.6) is 0 Å². The summed E-state index contributed by atoms with van der Waals surface area (Å²) in [6.07, 6.45) is 6.81. The molecule has 3 nitrogen and oxygen atoms in total. The number of hydrogen-bond acceptors (Lipinski definition) is 3. The molecule has 3 unspecified atom stereocenters. The lowest BCUT2D eigenvalue weighted by Gasteiger charge is -2.42. The van der Waals surface area contributed by atoms with Crippen molar-refractivity contribution in [1.29, 1.82) is 0 Å². The van der Waals surface area contributed by atoms with E-state index in [1.807, 2.05) is 0 Å². The SMILES string of the molecule is CCCC1CCC(NC)C(N(CC)CCOC)C1. The average molecular weight is 256 g/mol. The molecule has 0 bridgehead atoms. The number of ether oxygens (including phenoxy) is 1. The largest absolute Gasteiger partial charge is 0.383 e. The molecule has 3 atom stereocenters. The summed E-state index contributed by atoms with van der Waals surface area (Å²) in [6.45, 7) is 7.62. The van der Waals surface area contributed by atoms with Crippen LogP contribution in [0.25, 0.3) is 0 Å². The topological polar surface area (TPSA) is 24.5 Å². The van der Waals surface area contributed by atoms with Gasteiger partial charge in [0.25, 0.3) is 0 Å². The predicted octanol–water partition coefficient (Wildman–Crippen LogP) is 2.51. The summed E-state index contributed by atoms with van der Waals surface area (Å²) in [5.74, 6) is 0.932. The Bertz CT molecular complexity index is 211. The van der Waals surface area contributed by atoms with Crippen LogP contribution in [0.15, 0.2) is 0 Å². The Hall–Kier alpha value is -0.120. The molecule has 0 aromatic carbocycles. The minimum Gasteiger partial charge on any atom is -0.383 e. The van der Waals surface area contributed by atoms with Gasteiger partial charge >= 0.3 is 0 Å². The highest BCUT2D eigenvalue weighted by molar-refractivity contribution is 4.90. The normalized spacial score (nSPS) is 28.8. The molecule has 0 heterocycles. The van der Waals surface area contributed by atoms with Crippen LogP contribution in [0.1, 0.15) is 46.0 Å². The second-order valence-corrected chi connectivity index (χ2v) is 5.55. The van der Waals surface area contributed by atoms with Crippen molar-refractivity contribution in [2.75, 3.05) is 33.9 Å². The van der Waals surface area contributed by atoms with Gasteiger partial charge in [0.2, 0.25) is 0 Å². The number of likely N-dealkylation sites (N-methyl/N-ethyl adjacent to an activating group) is 2. The first kappa shape index (κ1) is 15.9. The van der Waals surface area contributed by atoms with Gasteiger partial charge in [0.05, 0.1) is 6.61 Å². The molecule has 1 fully saturated rings. The first-order valence-corrected chi connectivity index (χ1v) is 7.67. The molecule has 1 aliphatic rings. The van der Waals surface area contributed by atoms with Gasteiger partial charge in [0.15, 0.2) is 0 Å². The van der Waals surface area contributed by atoms with E-state index in [1.54, 1.807) is 7.11 Å². The van der Waals surface area contributed by atoms with Gasteiger partial charge in [-0.15, -0.1) is 0 Å². The van der Waals surface area contributed by atoms with Gasteiger partial charge in [-0.2, -0.15) is 0 Å². The summed E-state index contributed by atoms with van der Waals surface area (Å²) in [7, 11) is 3.91. The highest BCUT2D eigenvalue weighted by Crippen LogP contribution is 2.30. The van der Waals surface area contributed by atoms with Crippen LogP contribution in [0.3, 0.4) is 0 Å². The number of nitrogens with zero attached hydrogens (tertiary/aromatic N) is 1. The Kier molecular flexibility index (Phi) is 7.87. The number of nitrogens with one attached hydrogen (secondary N) is 1. The molecule has 0 amide bonds. The lowest BCUT2D eigenvalue weighted by molar-refractivity contribution is 0.0722. The second kappa shape index (κ2) is 8.89. The van der Waals surface area contributed by atoms with Crippen molar-refractivity contribution in [2.45, 2.75) is 58.0 Å². The van der Waals surface area contributed by atoms with Crippen LogP contribution in [0.4, 0.5) is 0 Å². The van der Waals surface area contributed by atoms with Crippen molar-refractivity contribution in [3.05, 3.63) is 0 Å². The summed E-state index contributed by atoms with van der Waals surface area (Å²) in [5.41, 5.74) is 0. The number of rotatable bonds is 8. The van der Waals surface area contributed by atoms with Gasteiger partial charge in [0.1, 0.15) is 0 Å². The molecule has 1 N–H and O–H groups in total. The Labute approximate surface area is 113 Å². The van der Waals surface area contributed by atoms with Crippen molar-refractivity contribution in [1.82, 2.24) is 10.2 Å². The molecule has 0 aliphatic heterocycles. The maximum atomic E-state index is 5.25. The molecule has 18 heavy (non-hydrogen) atoms. The monoisotopic (exact) mass is 256 g/mol. The minimum atomic E-state index is 0.662. The summed E-state index contributed by atoms with van der Waals surface area (Å²) < 4.78 is 5.25. The van der Waals surface area contributed by atoms with E-state index < -0.39 is 0 Å². The lowest BCUT2D eigenvalue weighted by Crippen LogP contribution is -2.53. The minimum absolute atomic E-state index is 0.662. The molecule has 0 radical (unpaired) electrons. The summed E-state index contributed by atoms with van der Waals surface area (Å²) in [6, 6.07) is 1.36. The van der Waals surface area contributed by atoms with E-state index in [9.17, 15) is 0 Å². The van der Waals surface area contributed by atoms with Gasteiger partial charge < -0.3 is 10.1 Å². The van der Waals surface area contributed by atoms with Crippen LogP contribution in [-0.2, 0) is 4.74 Å². The van der Waals surface area contributed by atoms with Crippen molar-refractivity contribution < 1.29 is 4.74 Å². The third-order valence-electron chi connectivity index (χ3n) is 4.45. The fourth-order valence-electron chi connectivity index (χ4n) is 3.41. The van der Waals surface area contributed by atoms with Gasteiger partial charge in [-0.25, -0.2) is 0 Å². The van der Waals surface area contributed by atoms with E-state index in [2.05, 4.69) is 31.1 Å². The first-order chi connectivity index (χ1) is 8.76. The Morgan fingerprint density at radius 3 is 2.61 bits per heavy atom. The van der Waals surface area contributed by atoms with Crippen molar-refractivity contribution >= 4 is 0 Å². The van der Waals surface area contributed by atoms with Crippen LogP contribution in [0.2, 0.25) is 0 Å². The summed E-state index contributed by atoms with van der Waals surface area (Å²) >= 11 is 0. The third kappa shape index (κ3) is 4.52. The molecule has 0 saturated heterocycles. The van der Waals surface area contributed by atoms with Crippen LogP contribution in [-0.4, -0.2) is 50.8 Å². The molecule has 0 aromatic heterocycles. The average Bonchev–Trinajstić information content (AvgIpc) is 2.40. The van der Waals surface area contributed by atoms with E-state index in [4.69, 9.17) is 4.74 Å². The zero-order chi connectivity index (χ0) is 13.4. The van der Waals surface area contributed by atoms with Gasteiger partial charge in [-0.1, -0.05) is 26.7 Å². The quantitative estimate of drug-likeness (QED) is 0.722. The molecular formula is C15H32N2O. The predicted molar refractivity (Wildman–Crippen MR) is 78.0 cm³/mol. The van der Waals surface area contributed by atoms with Gasteiger partial charge in [0, 0.05) is 25.7 Å². The summed E-state index contributed by atoms with van der Waals surface area (Å²) in [5, 5.41) is 3.53. The fourth-order valence-corrected chi connectivity index (χ4v) is 3.41. The Balaban J connectivity index is 2.58. The molecule has 1 rings (SSSR count). The van der Waals surface area contributed by atoms with Crippen molar-refractivity contribution in [3.63, 3.8) is 0 Å². The van der Waals surface area contributed by atoms with Gasteiger partial charge in [-0.3, -0.25) is 4.90 Å². The molecule has 1 aliphatic carbocycles. The van der Waals surface area contributed by atoms with Crippen molar-refractivity contribution in [2.24, 2.45) is 5.92 Å². The van der Waals surface area contributed by atoms with Crippen LogP contribution in [0, 0.1) is 5.92 Å². The van der Waals surface area contributed by atoms with E-state index >= 15 is 0 Å². The van der Waals surface area contributed by atoms with Crippen LogP contribution < -0.4 is 5.32 Å². The highest BCUT2D eigenvalue weighted by atomic mass is 16.5. The summed E-state index contributed by atoms with van der Waals surface area (Å²) in [4.78, 5) is 2.60. The number of methoxy groups -OCH3 is 1. The Morgan fingerprint density at radius 2 is 2.06 bits per heavy atom. The van der Waals surface area contributed by atoms with Crippen LogP contribution >= 0.6 is 0 Å². The van der Waals surface area contributed by atoms with E-state index in [1.165, 1.54) is 32.1 Å². The first-order valence-electron chi connectivity index (χ1n) is 7.67. The maximum absolute atomic E-state index is 5.25. The molecule has 0 aromatic rings. The molecular weight excluding hydrogens is 224 g/mol. The van der Waals surface area contributed by atoms with E-state index in [0.29, 0.717) is 12.1 Å².